The molecule has 5 aromatic rings. The molecule has 0 radical (unpaired) electrons. The number of fused-ring (bicyclic) bond motifs is 2. The maximum atomic E-state index is 11.2. The van der Waals surface area contributed by atoms with E-state index in [2.05, 4.69) is 61.6 Å². The molecular weight excluding hydrogens is 464 g/mol. The van der Waals surface area contributed by atoms with E-state index in [1.165, 1.54) is 5.56 Å². The number of rotatable bonds is 7. The number of likely N-dealkylation sites (tertiary alicyclic amines) is 1. The molecule has 0 amide bonds. The summed E-state index contributed by atoms with van der Waals surface area (Å²) in [5.41, 5.74) is 5.16. The molecule has 3 aromatic heterocycles. The average Bonchev–Trinajstić information content (AvgIpc) is 3.34. The van der Waals surface area contributed by atoms with Gasteiger partial charge in [-0.15, -0.1) is 0 Å². The molecule has 1 fully saturated rings. The number of nitrogens with zero attached hydrogens (tertiary/aromatic N) is 4. The molecule has 0 unspecified atom stereocenters. The van der Waals surface area contributed by atoms with Crippen LogP contribution in [0.5, 0.6) is 0 Å². The highest BCUT2D eigenvalue weighted by Crippen LogP contribution is 2.28. The molecule has 0 spiro atoms. The van der Waals surface area contributed by atoms with Crippen LogP contribution in [0.4, 0.5) is 5.82 Å². The Labute approximate surface area is 214 Å². The lowest BCUT2D eigenvalue weighted by atomic mass is 9.93. The number of carboxylic acids is 1. The van der Waals surface area contributed by atoms with Gasteiger partial charge in [0.15, 0.2) is 0 Å². The molecule has 4 heterocycles. The number of carbonyl (C=O) groups is 1. The topological polar surface area (TPSA) is 107 Å². The number of aromatic nitrogens is 4. The van der Waals surface area contributed by atoms with Gasteiger partial charge in [0.2, 0.25) is 0 Å². The highest BCUT2D eigenvalue weighted by Gasteiger charge is 2.22. The summed E-state index contributed by atoms with van der Waals surface area (Å²) in [6.45, 7) is 3.37. The van der Waals surface area contributed by atoms with Crippen molar-refractivity contribution in [3.05, 3.63) is 95.6 Å². The quantitative estimate of drug-likeness (QED) is 0.287. The standard InChI is InChI=1S/C29H28N6O2/c36-29(37)22-7-9-25-26(16-22)34-28(33-25)18-35-13-10-20(11-14-35)24-4-1-5-27(32-24)31-17-19-6-8-23-21(15-19)3-2-12-30-23/h1-9,12,15-16,20H,10-11,13-14,17-18H2,(H,31,32)(H,33,34)(H,36,37). The maximum absolute atomic E-state index is 11.2. The first-order chi connectivity index (χ1) is 18.1. The lowest BCUT2D eigenvalue weighted by molar-refractivity contribution is 0.0697. The average molecular weight is 493 g/mol. The largest absolute Gasteiger partial charge is 0.478 e. The Hall–Kier alpha value is -4.30. The van der Waals surface area contributed by atoms with Crippen molar-refractivity contribution in [3.63, 3.8) is 0 Å². The number of benzene rings is 2. The van der Waals surface area contributed by atoms with Gasteiger partial charge in [0, 0.05) is 29.7 Å². The van der Waals surface area contributed by atoms with Crippen LogP contribution in [0.1, 0.15) is 46.2 Å². The van der Waals surface area contributed by atoms with E-state index in [-0.39, 0.29) is 5.56 Å². The molecule has 37 heavy (non-hydrogen) atoms. The van der Waals surface area contributed by atoms with Crippen LogP contribution in [0.3, 0.4) is 0 Å². The first-order valence-electron chi connectivity index (χ1n) is 12.6. The smallest absolute Gasteiger partial charge is 0.335 e. The summed E-state index contributed by atoms with van der Waals surface area (Å²) < 4.78 is 0. The molecule has 1 saturated heterocycles. The van der Waals surface area contributed by atoms with Crippen molar-refractivity contribution in [2.45, 2.75) is 31.8 Å². The second-order valence-corrected chi connectivity index (χ2v) is 9.60. The number of nitrogens with one attached hydrogen (secondary N) is 2. The van der Waals surface area contributed by atoms with Gasteiger partial charge < -0.3 is 15.4 Å². The number of imidazole rings is 1. The fraction of sp³-hybridized carbons (Fsp3) is 0.241. The van der Waals surface area contributed by atoms with Crippen LogP contribution in [-0.4, -0.2) is 49.0 Å². The number of aromatic carboxylic acids is 1. The van der Waals surface area contributed by atoms with Gasteiger partial charge in [-0.25, -0.2) is 14.8 Å². The molecule has 0 saturated carbocycles. The van der Waals surface area contributed by atoms with Gasteiger partial charge in [-0.05, 0) is 80.0 Å². The van der Waals surface area contributed by atoms with Crippen LogP contribution in [0.2, 0.25) is 0 Å². The summed E-state index contributed by atoms with van der Waals surface area (Å²) in [5, 5.41) is 13.8. The second-order valence-electron chi connectivity index (χ2n) is 9.60. The Balaban J connectivity index is 1.05. The van der Waals surface area contributed by atoms with Crippen LogP contribution in [0.25, 0.3) is 21.9 Å². The molecule has 0 atom stereocenters. The number of H-pyrrole nitrogens is 1. The molecule has 1 aliphatic rings. The van der Waals surface area contributed by atoms with E-state index in [9.17, 15) is 9.90 Å². The molecule has 1 aliphatic heterocycles. The number of anilines is 1. The third-order valence-electron chi connectivity index (χ3n) is 7.07. The molecule has 2 aromatic carbocycles. The molecule has 0 bridgehead atoms. The number of hydrogen-bond acceptors (Lipinski definition) is 6. The Morgan fingerprint density at radius 3 is 2.73 bits per heavy atom. The summed E-state index contributed by atoms with van der Waals surface area (Å²) in [4.78, 5) is 30.9. The third-order valence-corrected chi connectivity index (χ3v) is 7.07. The van der Waals surface area contributed by atoms with E-state index in [0.29, 0.717) is 12.5 Å². The number of piperidine rings is 1. The fourth-order valence-electron chi connectivity index (χ4n) is 5.07. The van der Waals surface area contributed by atoms with Crippen LogP contribution < -0.4 is 5.32 Å². The van der Waals surface area contributed by atoms with Gasteiger partial charge in [-0.1, -0.05) is 18.2 Å². The summed E-state index contributed by atoms with van der Waals surface area (Å²) in [6.07, 6.45) is 3.90. The predicted molar refractivity (Wildman–Crippen MR) is 144 cm³/mol. The van der Waals surface area contributed by atoms with Gasteiger partial charge >= 0.3 is 5.97 Å². The minimum absolute atomic E-state index is 0.266. The molecule has 186 valence electrons. The number of aromatic amines is 1. The van der Waals surface area contributed by atoms with E-state index >= 15 is 0 Å². The summed E-state index contributed by atoms with van der Waals surface area (Å²) in [7, 11) is 0. The Morgan fingerprint density at radius 1 is 1.00 bits per heavy atom. The Kier molecular flexibility index (Phi) is 6.24. The SMILES string of the molecule is O=C(O)c1ccc2nc(CN3CCC(c4cccc(NCc5ccc6ncccc6c5)n4)CC3)[nH]c2c1. The van der Waals surface area contributed by atoms with Gasteiger partial charge in [-0.3, -0.25) is 9.88 Å². The molecule has 0 aliphatic carbocycles. The van der Waals surface area contributed by atoms with Crippen molar-refractivity contribution in [1.29, 1.82) is 0 Å². The van der Waals surface area contributed by atoms with Crippen LogP contribution in [0.15, 0.2) is 72.9 Å². The number of pyridine rings is 2. The zero-order valence-corrected chi connectivity index (χ0v) is 20.4. The summed E-state index contributed by atoms with van der Waals surface area (Å²) in [6, 6.07) is 21.6. The predicted octanol–water partition coefficient (Wildman–Crippen LogP) is 5.20. The molecule has 8 heteroatoms. The van der Waals surface area contributed by atoms with E-state index in [4.69, 9.17) is 4.98 Å². The van der Waals surface area contributed by atoms with Gasteiger partial charge in [0.25, 0.3) is 0 Å². The van der Waals surface area contributed by atoms with Gasteiger partial charge in [0.1, 0.15) is 11.6 Å². The summed E-state index contributed by atoms with van der Waals surface area (Å²) in [5.74, 6) is 1.26. The fourth-order valence-corrected chi connectivity index (χ4v) is 5.07. The summed E-state index contributed by atoms with van der Waals surface area (Å²) >= 11 is 0. The lowest BCUT2D eigenvalue weighted by Gasteiger charge is -2.31. The van der Waals surface area contributed by atoms with Crippen molar-refractivity contribution < 1.29 is 9.90 Å². The van der Waals surface area contributed by atoms with Crippen LogP contribution in [0, 0.1) is 0 Å². The number of hydrogen-bond donors (Lipinski definition) is 3. The van der Waals surface area contributed by atoms with Gasteiger partial charge in [-0.2, -0.15) is 0 Å². The zero-order chi connectivity index (χ0) is 25.2. The van der Waals surface area contributed by atoms with Crippen LogP contribution in [-0.2, 0) is 13.1 Å². The monoisotopic (exact) mass is 492 g/mol. The van der Waals surface area contributed by atoms with Crippen molar-refractivity contribution in [2.75, 3.05) is 18.4 Å². The first kappa shape index (κ1) is 23.1. The van der Waals surface area contributed by atoms with Crippen molar-refractivity contribution in [3.8, 4) is 0 Å². The molecular formula is C29H28N6O2. The van der Waals surface area contributed by atoms with E-state index in [1.807, 2.05) is 18.3 Å². The molecule has 6 rings (SSSR count). The van der Waals surface area contributed by atoms with Crippen molar-refractivity contribution in [2.24, 2.45) is 0 Å². The molecule has 3 N–H and O–H groups in total. The van der Waals surface area contributed by atoms with Crippen LogP contribution >= 0.6 is 0 Å². The first-order valence-corrected chi connectivity index (χ1v) is 12.6. The van der Waals surface area contributed by atoms with E-state index in [1.54, 1.807) is 18.2 Å². The van der Waals surface area contributed by atoms with E-state index < -0.39 is 5.97 Å². The van der Waals surface area contributed by atoms with Gasteiger partial charge in [0.05, 0.1) is 28.7 Å². The lowest BCUT2D eigenvalue weighted by Crippen LogP contribution is -2.33. The number of carboxylic acid groups (broad SMARTS) is 1. The minimum Gasteiger partial charge on any atom is -0.478 e. The second kappa shape index (κ2) is 9.99. The highest BCUT2D eigenvalue weighted by molar-refractivity contribution is 5.92. The van der Waals surface area contributed by atoms with Crippen molar-refractivity contribution >= 4 is 33.7 Å². The highest BCUT2D eigenvalue weighted by atomic mass is 16.4. The Bertz CT molecular complexity index is 1570. The molecule has 8 nitrogen and oxygen atoms in total. The van der Waals surface area contributed by atoms with Crippen molar-refractivity contribution in [1.82, 2.24) is 24.8 Å². The Morgan fingerprint density at radius 2 is 1.86 bits per heavy atom. The zero-order valence-electron chi connectivity index (χ0n) is 20.4. The van der Waals surface area contributed by atoms with E-state index in [0.717, 1.165) is 71.7 Å². The maximum Gasteiger partial charge on any atom is 0.335 e. The normalized spacial score (nSPS) is 14.8. The minimum atomic E-state index is -0.931. The third kappa shape index (κ3) is 5.15.